The summed E-state index contributed by atoms with van der Waals surface area (Å²) in [6, 6.07) is 7.66. The van der Waals surface area contributed by atoms with Gasteiger partial charge in [0.25, 0.3) is 0 Å². The molecule has 0 spiro atoms. The summed E-state index contributed by atoms with van der Waals surface area (Å²) in [7, 11) is 1.13. The van der Waals surface area contributed by atoms with Gasteiger partial charge in [0.05, 0.1) is 35.9 Å². The molecule has 9 nitrogen and oxygen atoms in total. The second-order valence-electron chi connectivity index (χ2n) is 9.78. The third kappa shape index (κ3) is 7.01. The molecule has 1 aliphatic heterocycles. The maximum atomic E-state index is 13.6. The summed E-state index contributed by atoms with van der Waals surface area (Å²) >= 11 is 0. The molecule has 43 heavy (non-hydrogen) atoms. The number of primary amides is 1. The summed E-state index contributed by atoms with van der Waals surface area (Å²) in [6.07, 6.45) is 1.77. The number of urea groups is 1. The lowest BCUT2D eigenvalue weighted by molar-refractivity contribution is -0.702. The van der Waals surface area contributed by atoms with Crippen LogP contribution in [-0.2, 0) is 22.3 Å². The number of esters is 1. The number of rotatable bonds is 8. The number of aryl methyl sites for hydroxylation is 3. The number of amides is 2. The Balaban J connectivity index is 2.30. The van der Waals surface area contributed by atoms with Crippen LogP contribution in [0.3, 0.4) is 0 Å². The zero-order valence-electron chi connectivity index (χ0n) is 24.2. The molecule has 3 N–H and O–H groups in total. The van der Waals surface area contributed by atoms with E-state index in [1.165, 1.54) is 25.1 Å². The van der Waals surface area contributed by atoms with Gasteiger partial charge in [-0.1, -0.05) is 24.8 Å². The molecule has 0 aliphatic carbocycles. The molecule has 0 saturated carbocycles. The number of pyridine rings is 1. The van der Waals surface area contributed by atoms with Crippen LogP contribution in [0.4, 0.5) is 23.7 Å². The van der Waals surface area contributed by atoms with E-state index in [2.05, 4.69) is 6.58 Å². The number of anilines is 1. The van der Waals surface area contributed by atoms with Crippen LogP contribution in [0.2, 0.25) is 0 Å². The maximum Gasteiger partial charge on any atom is 0.416 e. The fourth-order valence-corrected chi connectivity index (χ4v) is 4.87. The van der Waals surface area contributed by atoms with Gasteiger partial charge in [0.1, 0.15) is 0 Å². The van der Waals surface area contributed by atoms with E-state index in [9.17, 15) is 28.0 Å². The van der Waals surface area contributed by atoms with Crippen molar-refractivity contribution in [3.05, 3.63) is 107 Å². The second-order valence-corrected chi connectivity index (χ2v) is 9.78. The van der Waals surface area contributed by atoms with E-state index in [1.807, 2.05) is 42.8 Å². The van der Waals surface area contributed by atoms with Crippen molar-refractivity contribution in [1.29, 1.82) is 10.7 Å². The molecule has 1 aromatic heterocycles. The Bertz CT molecular complexity index is 1600. The summed E-state index contributed by atoms with van der Waals surface area (Å²) in [4.78, 5) is 28.2. The summed E-state index contributed by atoms with van der Waals surface area (Å²) in [5.41, 5.74) is 7.24. The van der Waals surface area contributed by atoms with E-state index < -0.39 is 35.7 Å². The number of benzene rings is 1. The van der Waals surface area contributed by atoms with Gasteiger partial charge in [-0.25, -0.2) is 14.2 Å². The molecule has 12 heteroatoms. The predicted molar refractivity (Wildman–Crippen MR) is 154 cm³/mol. The summed E-state index contributed by atoms with van der Waals surface area (Å²) < 4.78 is 47.7. The number of hydrogen-bond acceptors (Lipinski definition) is 5. The van der Waals surface area contributed by atoms with Gasteiger partial charge in [0.15, 0.2) is 18.4 Å². The summed E-state index contributed by atoms with van der Waals surface area (Å²) in [5, 5.41) is 18.4. The van der Waals surface area contributed by atoms with Crippen LogP contribution in [0.15, 0.2) is 89.8 Å². The van der Waals surface area contributed by atoms with Crippen molar-refractivity contribution in [1.82, 2.24) is 4.90 Å². The molecule has 2 heterocycles. The average Bonchev–Trinajstić information content (AvgIpc) is 2.94. The SMILES string of the molecule is C=C/C(C#N)=C\C=C(/CC[n+]1ccc(C)cc1C)[C@@H]1C(C(=O)OC)=C(C)N(c2cccc(C(F)(F)F)c2)C(=N)N1C(N)=O. The van der Waals surface area contributed by atoms with Gasteiger partial charge < -0.3 is 10.5 Å². The second kappa shape index (κ2) is 13.2. The first-order chi connectivity index (χ1) is 20.2. The molecule has 224 valence electrons. The van der Waals surface area contributed by atoms with E-state index >= 15 is 0 Å². The molecule has 1 atom stereocenters. The number of carbonyl (C=O) groups is 2. The number of nitrogens with zero attached hydrogens (tertiary/aromatic N) is 4. The molecule has 2 amide bonds. The lowest BCUT2D eigenvalue weighted by Crippen LogP contribution is -2.59. The Labute approximate surface area is 247 Å². The van der Waals surface area contributed by atoms with Crippen LogP contribution >= 0.6 is 0 Å². The maximum absolute atomic E-state index is 13.6. The molecule has 0 radical (unpaired) electrons. The summed E-state index contributed by atoms with van der Waals surface area (Å²) in [6.45, 7) is 9.32. The number of halogens is 3. The molecular weight excluding hydrogens is 561 g/mol. The highest BCUT2D eigenvalue weighted by molar-refractivity contribution is 6.10. The molecule has 0 saturated heterocycles. The average molecular weight is 594 g/mol. The van der Waals surface area contributed by atoms with Crippen LogP contribution in [0, 0.1) is 30.6 Å². The largest absolute Gasteiger partial charge is 0.466 e. The van der Waals surface area contributed by atoms with Crippen molar-refractivity contribution in [2.75, 3.05) is 12.0 Å². The molecule has 0 bridgehead atoms. The number of guanidine groups is 1. The summed E-state index contributed by atoms with van der Waals surface area (Å²) in [5.74, 6) is -1.45. The van der Waals surface area contributed by atoms with E-state index in [0.717, 1.165) is 46.4 Å². The monoisotopic (exact) mass is 593 g/mol. The third-order valence-electron chi connectivity index (χ3n) is 7.00. The lowest BCUT2D eigenvalue weighted by atomic mass is 9.90. The molecule has 3 rings (SSSR count). The topological polar surface area (TPSA) is 127 Å². The van der Waals surface area contributed by atoms with Crippen molar-refractivity contribution in [3.63, 3.8) is 0 Å². The molecule has 0 fully saturated rings. The quantitative estimate of drug-likeness (QED) is 0.188. The lowest BCUT2D eigenvalue weighted by Gasteiger charge is -2.43. The number of nitrogens with one attached hydrogen (secondary N) is 1. The molecule has 1 aromatic carbocycles. The fourth-order valence-electron chi connectivity index (χ4n) is 4.87. The first-order valence-electron chi connectivity index (χ1n) is 13.1. The van der Waals surface area contributed by atoms with E-state index in [0.29, 0.717) is 12.1 Å². The first-order valence-corrected chi connectivity index (χ1v) is 13.1. The normalized spacial score (nSPS) is 16.2. The number of nitrogens with two attached hydrogens (primary N) is 1. The van der Waals surface area contributed by atoms with Gasteiger partial charge in [-0.2, -0.15) is 18.4 Å². The minimum atomic E-state index is -4.68. The van der Waals surface area contributed by atoms with Gasteiger partial charge in [-0.05, 0) is 49.3 Å². The van der Waals surface area contributed by atoms with Crippen LogP contribution in [-0.4, -0.2) is 36.0 Å². The van der Waals surface area contributed by atoms with Gasteiger partial charge in [-0.3, -0.25) is 15.2 Å². The van der Waals surface area contributed by atoms with Crippen molar-refractivity contribution < 1.29 is 32.1 Å². The van der Waals surface area contributed by atoms with Crippen molar-refractivity contribution in [2.45, 2.75) is 46.0 Å². The van der Waals surface area contributed by atoms with Gasteiger partial charge >= 0.3 is 18.2 Å². The molecule has 1 aliphatic rings. The van der Waals surface area contributed by atoms with Crippen molar-refractivity contribution >= 4 is 23.6 Å². The Morgan fingerprint density at radius 2 is 1.91 bits per heavy atom. The Hall–Kier alpha value is -5.18. The van der Waals surface area contributed by atoms with E-state index in [-0.39, 0.29) is 29.0 Å². The minimum absolute atomic E-state index is 0.0666. The van der Waals surface area contributed by atoms with Gasteiger partial charge in [0.2, 0.25) is 5.96 Å². The smallest absolute Gasteiger partial charge is 0.416 e. The van der Waals surface area contributed by atoms with Gasteiger partial charge in [0, 0.05) is 36.9 Å². The highest BCUT2D eigenvalue weighted by Crippen LogP contribution is 2.38. The zero-order valence-corrected chi connectivity index (χ0v) is 24.2. The van der Waals surface area contributed by atoms with E-state index in [4.69, 9.17) is 15.9 Å². The zero-order chi connectivity index (χ0) is 32.1. The van der Waals surface area contributed by atoms with E-state index in [1.54, 1.807) is 6.08 Å². The number of methoxy groups -OCH3 is 1. The number of nitriles is 1. The molecular formula is C31H32F3N6O3+. The number of ether oxygens (including phenoxy) is 1. The van der Waals surface area contributed by atoms with Gasteiger partial charge in [-0.15, -0.1) is 0 Å². The minimum Gasteiger partial charge on any atom is -0.466 e. The number of allylic oxidation sites excluding steroid dienone is 5. The Morgan fingerprint density at radius 1 is 1.21 bits per heavy atom. The molecule has 2 aromatic rings. The fraction of sp³-hybridized carbons (Fsp3) is 0.258. The van der Waals surface area contributed by atoms with Crippen molar-refractivity contribution in [2.24, 2.45) is 5.73 Å². The Morgan fingerprint density at radius 3 is 2.47 bits per heavy atom. The van der Waals surface area contributed by atoms with Crippen LogP contribution in [0.1, 0.15) is 30.2 Å². The number of hydrogen-bond donors (Lipinski definition) is 2. The Kier molecular flexibility index (Phi) is 9.93. The number of aromatic nitrogens is 1. The highest BCUT2D eigenvalue weighted by Gasteiger charge is 2.44. The molecule has 0 unspecified atom stereocenters. The van der Waals surface area contributed by atoms with Crippen LogP contribution in [0.25, 0.3) is 0 Å². The number of alkyl halides is 3. The first kappa shape index (κ1) is 32.3. The van der Waals surface area contributed by atoms with Crippen LogP contribution in [0.5, 0.6) is 0 Å². The predicted octanol–water partition coefficient (Wildman–Crippen LogP) is 5.21. The number of carbonyl (C=O) groups excluding carboxylic acids is 2. The third-order valence-corrected chi connectivity index (χ3v) is 7.00. The standard InChI is InChI=1S/C31H31F3N6O3/c1-6-22(18-35)10-11-23(13-15-38-14-12-19(2)16-20(38)3)27-26(28(41)43-5)21(4)39(29(36)40(27)30(37)42)25-9-7-8-24(17-25)31(32,33)34/h6-12,14,16-17,27,36H,1,13,15H2,2-5H3,(H-,37,42)/p+1/b22-10+,23-11+,36-29?/t27-/m1/s1. The van der Waals surface area contributed by atoms with Crippen molar-refractivity contribution in [3.8, 4) is 6.07 Å². The van der Waals surface area contributed by atoms with Crippen LogP contribution < -0.4 is 15.2 Å². The highest BCUT2D eigenvalue weighted by atomic mass is 19.4.